The fourth-order valence-electron chi connectivity index (χ4n) is 3.85. The van der Waals surface area contributed by atoms with Crippen molar-refractivity contribution in [1.82, 2.24) is 15.0 Å². The molecule has 0 unspecified atom stereocenters. The average Bonchev–Trinajstić information content (AvgIpc) is 3.60. The molecule has 170 valence electrons. The molecule has 2 amide bonds. The molecule has 1 aliphatic heterocycles. The maximum absolute atomic E-state index is 12.6. The number of carbonyl (C=O) groups excluding carboxylic acids is 2. The monoisotopic (exact) mass is 447 g/mol. The number of hydrogen-bond acceptors (Lipinski definition) is 7. The molecule has 0 atom stereocenters. The van der Waals surface area contributed by atoms with Gasteiger partial charge < -0.3 is 24.4 Å². The van der Waals surface area contributed by atoms with E-state index in [0.29, 0.717) is 36.1 Å². The highest BCUT2D eigenvalue weighted by Crippen LogP contribution is 2.39. The van der Waals surface area contributed by atoms with Gasteiger partial charge in [-0.25, -0.2) is 9.59 Å². The normalized spacial score (nSPS) is 15.9. The number of nitrogens with one attached hydrogen (secondary N) is 1. The van der Waals surface area contributed by atoms with E-state index in [2.05, 4.69) is 32.5 Å². The third kappa shape index (κ3) is 4.67. The summed E-state index contributed by atoms with van der Waals surface area (Å²) in [7, 11) is 1.34. The lowest BCUT2D eigenvalue weighted by molar-refractivity contribution is 0.0600. The molecule has 1 N–H and O–H groups in total. The Labute approximate surface area is 191 Å². The van der Waals surface area contributed by atoms with Gasteiger partial charge in [-0.3, -0.25) is 0 Å². The molecule has 5 rings (SSSR count). The maximum Gasteiger partial charge on any atom is 0.337 e. The zero-order valence-electron chi connectivity index (χ0n) is 18.4. The number of esters is 1. The number of benzene rings is 2. The van der Waals surface area contributed by atoms with Crippen LogP contribution >= 0.6 is 0 Å². The van der Waals surface area contributed by atoms with E-state index in [1.165, 1.54) is 7.11 Å². The van der Waals surface area contributed by atoms with Crippen molar-refractivity contribution in [2.75, 3.05) is 43.5 Å². The minimum atomic E-state index is -0.405. The lowest BCUT2D eigenvalue weighted by atomic mass is 10.1. The number of urea groups is 1. The molecule has 1 aliphatic carbocycles. The molecule has 2 fully saturated rings. The Hall–Kier alpha value is -3.88. The SMILES string of the molecule is COC(=O)c1ccc(NC(=O)N2CCN(c3ccc(-c4noc(C5CC5)n4)cc3)CC2)cc1. The van der Waals surface area contributed by atoms with E-state index in [4.69, 9.17) is 9.26 Å². The van der Waals surface area contributed by atoms with E-state index >= 15 is 0 Å². The summed E-state index contributed by atoms with van der Waals surface area (Å²) in [4.78, 5) is 32.7. The Balaban J connectivity index is 1.14. The second-order valence-corrected chi connectivity index (χ2v) is 8.25. The molecule has 3 aromatic rings. The molecule has 1 saturated carbocycles. The van der Waals surface area contributed by atoms with E-state index in [9.17, 15) is 9.59 Å². The third-order valence-electron chi connectivity index (χ3n) is 5.98. The van der Waals surface area contributed by atoms with Gasteiger partial charge in [0.05, 0.1) is 12.7 Å². The number of piperazine rings is 1. The number of rotatable bonds is 5. The van der Waals surface area contributed by atoms with Crippen molar-refractivity contribution in [3.8, 4) is 11.4 Å². The van der Waals surface area contributed by atoms with Gasteiger partial charge in [0.2, 0.25) is 11.7 Å². The summed E-state index contributed by atoms with van der Waals surface area (Å²) < 4.78 is 10.0. The van der Waals surface area contributed by atoms with Gasteiger partial charge in [-0.15, -0.1) is 0 Å². The Kier molecular flexibility index (Phi) is 5.68. The van der Waals surface area contributed by atoms with Crippen LogP contribution in [-0.4, -0.2) is 60.3 Å². The second kappa shape index (κ2) is 8.93. The van der Waals surface area contributed by atoms with Crippen LogP contribution in [0.5, 0.6) is 0 Å². The van der Waals surface area contributed by atoms with Crippen molar-refractivity contribution < 1.29 is 18.8 Å². The molecule has 0 spiro atoms. The van der Waals surface area contributed by atoms with Gasteiger partial charge in [-0.05, 0) is 61.4 Å². The van der Waals surface area contributed by atoms with Gasteiger partial charge in [0, 0.05) is 49.0 Å². The van der Waals surface area contributed by atoms with Crippen LogP contribution < -0.4 is 10.2 Å². The Morgan fingerprint density at radius 3 is 2.33 bits per heavy atom. The van der Waals surface area contributed by atoms with Gasteiger partial charge in [-0.2, -0.15) is 4.98 Å². The molecule has 33 heavy (non-hydrogen) atoms. The number of amides is 2. The van der Waals surface area contributed by atoms with E-state index in [1.54, 1.807) is 29.2 Å². The number of anilines is 2. The first-order valence-electron chi connectivity index (χ1n) is 11.0. The first-order chi connectivity index (χ1) is 16.1. The minimum absolute atomic E-state index is 0.153. The molecule has 2 heterocycles. The van der Waals surface area contributed by atoms with Crippen molar-refractivity contribution in [3.63, 3.8) is 0 Å². The van der Waals surface area contributed by atoms with Crippen LogP contribution in [0, 0.1) is 0 Å². The largest absolute Gasteiger partial charge is 0.465 e. The smallest absolute Gasteiger partial charge is 0.337 e. The van der Waals surface area contributed by atoms with Crippen LogP contribution in [0.2, 0.25) is 0 Å². The molecule has 1 saturated heterocycles. The van der Waals surface area contributed by atoms with Crippen molar-refractivity contribution in [2.24, 2.45) is 0 Å². The van der Waals surface area contributed by atoms with Crippen LogP contribution in [-0.2, 0) is 4.74 Å². The molecular formula is C24H25N5O4. The lowest BCUT2D eigenvalue weighted by Gasteiger charge is -2.36. The highest BCUT2D eigenvalue weighted by Gasteiger charge is 2.29. The number of hydrogen-bond donors (Lipinski definition) is 1. The fraction of sp³-hybridized carbons (Fsp3) is 0.333. The summed E-state index contributed by atoms with van der Waals surface area (Å²) in [6.45, 7) is 2.71. The number of ether oxygens (including phenoxy) is 1. The standard InChI is InChI=1S/C24H25N5O4/c1-32-23(30)18-4-8-19(9-5-18)25-24(31)29-14-12-28(13-15-29)20-10-6-16(7-11-20)21-26-22(33-27-21)17-2-3-17/h4-11,17H,2-3,12-15H2,1H3,(H,25,31). The van der Waals surface area contributed by atoms with Crippen molar-refractivity contribution in [2.45, 2.75) is 18.8 Å². The topological polar surface area (TPSA) is 101 Å². The van der Waals surface area contributed by atoms with Gasteiger partial charge >= 0.3 is 12.0 Å². The van der Waals surface area contributed by atoms with Crippen molar-refractivity contribution in [1.29, 1.82) is 0 Å². The second-order valence-electron chi connectivity index (χ2n) is 8.25. The molecule has 2 aliphatic rings. The fourth-order valence-corrected chi connectivity index (χ4v) is 3.85. The summed E-state index contributed by atoms with van der Waals surface area (Å²) >= 11 is 0. The summed E-state index contributed by atoms with van der Waals surface area (Å²) in [6.07, 6.45) is 2.26. The quantitative estimate of drug-likeness (QED) is 0.595. The number of carbonyl (C=O) groups is 2. The van der Waals surface area contributed by atoms with E-state index in [0.717, 1.165) is 43.1 Å². The van der Waals surface area contributed by atoms with Gasteiger partial charge in [0.15, 0.2) is 0 Å². The molecule has 9 nitrogen and oxygen atoms in total. The number of nitrogens with zero attached hydrogens (tertiary/aromatic N) is 4. The van der Waals surface area contributed by atoms with E-state index in [1.807, 2.05) is 12.1 Å². The van der Waals surface area contributed by atoms with Crippen molar-refractivity contribution in [3.05, 3.63) is 60.0 Å². The van der Waals surface area contributed by atoms with Crippen LogP contribution in [0.15, 0.2) is 53.1 Å². The molecule has 2 aromatic carbocycles. The first-order valence-corrected chi connectivity index (χ1v) is 11.0. The number of aromatic nitrogens is 2. The molecule has 0 radical (unpaired) electrons. The van der Waals surface area contributed by atoms with E-state index < -0.39 is 5.97 Å². The third-order valence-corrected chi connectivity index (χ3v) is 5.98. The highest BCUT2D eigenvalue weighted by atomic mass is 16.5. The van der Waals surface area contributed by atoms with Gasteiger partial charge in [-0.1, -0.05) is 5.16 Å². The predicted molar refractivity (Wildman–Crippen MR) is 122 cm³/mol. The van der Waals surface area contributed by atoms with E-state index in [-0.39, 0.29) is 6.03 Å². The van der Waals surface area contributed by atoms with Gasteiger partial charge in [0.1, 0.15) is 0 Å². The summed E-state index contributed by atoms with van der Waals surface area (Å²) in [6, 6.07) is 14.6. The Morgan fingerprint density at radius 2 is 1.70 bits per heavy atom. The highest BCUT2D eigenvalue weighted by molar-refractivity contribution is 5.92. The maximum atomic E-state index is 12.6. The average molecular weight is 447 g/mol. The minimum Gasteiger partial charge on any atom is -0.465 e. The van der Waals surface area contributed by atoms with Crippen LogP contribution in [0.3, 0.4) is 0 Å². The summed E-state index contributed by atoms with van der Waals surface area (Å²) in [5.74, 6) is 1.41. The Bertz CT molecular complexity index is 1130. The van der Waals surface area contributed by atoms with Crippen LogP contribution in [0.25, 0.3) is 11.4 Å². The predicted octanol–water partition coefficient (Wildman–Crippen LogP) is 3.75. The Morgan fingerprint density at radius 1 is 1.00 bits per heavy atom. The lowest BCUT2D eigenvalue weighted by Crippen LogP contribution is -2.50. The van der Waals surface area contributed by atoms with Gasteiger partial charge in [0.25, 0.3) is 0 Å². The van der Waals surface area contributed by atoms with Crippen LogP contribution in [0.1, 0.15) is 35.0 Å². The zero-order valence-corrected chi connectivity index (χ0v) is 18.4. The summed E-state index contributed by atoms with van der Waals surface area (Å²) in [5, 5.41) is 6.98. The summed E-state index contributed by atoms with van der Waals surface area (Å²) in [5.41, 5.74) is 3.11. The number of methoxy groups -OCH3 is 1. The molecule has 1 aromatic heterocycles. The van der Waals surface area contributed by atoms with Crippen LogP contribution in [0.4, 0.5) is 16.2 Å². The first kappa shape index (κ1) is 21.0. The molecule has 0 bridgehead atoms. The zero-order chi connectivity index (χ0) is 22.8. The molecule has 9 heteroatoms. The van der Waals surface area contributed by atoms with Crippen molar-refractivity contribution >= 4 is 23.4 Å². The molecular weight excluding hydrogens is 422 g/mol.